The van der Waals surface area contributed by atoms with Crippen molar-refractivity contribution in [2.75, 3.05) is 10.6 Å². The van der Waals surface area contributed by atoms with E-state index in [0.717, 1.165) is 36.9 Å². The molecule has 0 aliphatic heterocycles. The summed E-state index contributed by atoms with van der Waals surface area (Å²) in [5, 5.41) is 5.78. The molecule has 0 saturated heterocycles. The number of para-hydroxylation sites is 1. The highest BCUT2D eigenvalue weighted by atomic mass is 16.2. The van der Waals surface area contributed by atoms with Crippen LogP contribution in [0.3, 0.4) is 0 Å². The quantitative estimate of drug-likeness (QED) is 0.619. The maximum absolute atomic E-state index is 12.6. The standard InChI is InChI=1S/C22H28N2O2/c1-4-5-6-7-12-21(25)24-20-11-9-8-10-19(20)22(26)23-18-14-13-16(2)17(3)15-18/h8-11,13-15H,4-7,12H2,1-3H3,(H,23,26)(H,24,25). The van der Waals surface area contributed by atoms with Crippen LogP contribution in [-0.2, 0) is 4.79 Å². The van der Waals surface area contributed by atoms with Gasteiger partial charge < -0.3 is 10.6 Å². The number of hydrogen-bond donors (Lipinski definition) is 2. The van der Waals surface area contributed by atoms with Crippen molar-refractivity contribution < 1.29 is 9.59 Å². The molecule has 0 aliphatic carbocycles. The Kier molecular flexibility index (Phi) is 7.39. The lowest BCUT2D eigenvalue weighted by Gasteiger charge is -2.12. The second-order valence-electron chi connectivity index (χ2n) is 6.66. The van der Waals surface area contributed by atoms with Crippen LogP contribution in [0.15, 0.2) is 42.5 Å². The van der Waals surface area contributed by atoms with Crippen molar-refractivity contribution in [2.45, 2.75) is 52.9 Å². The molecular formula is C22H28N2O2. The first-order valence-corrected chi connectivity index (χ1v) is 9.28. The van der Waals surface area contributed by atoms with Gasteiger partial charge in [-0.15, -0.1) is 0 Å². The molecule has 0 bridgehead atoms. The van der Waals surface area contributed by atoms with Gasteiger partial charge in [-0.25, -0.2) is 0 Å². The Morgan fingerprint density at radius 1 is 0.885 bits per heavy atom. The first-order valence-electron chi connectivity index (χ1n) is 9.28. The van der Waals surface area contributed by atoms with Gasteiger partial charge in [-0.05, 0) is 55.7 Å². The van der Waals surface area contributed by atoms with Crippen molar-refractivity contribution in [3.63, 3.8) is 0 Å². The lowest BCUT2D eigenvalue weighted by molar-refractivity contribution is -0.116. The minimum absolute atomic E-state index is 0.0486. The Morgan fingerprint density at radius 2 is 1.65 bits per heavy atom. The summed E-state index contributed by atoms with van der Waals surface area (Å²) in [6, 6.07) is 12.9. The summed E-state index contributed by atoms with van der Waals surface area (Å²) in [4.78, 5) is 24.8. The highest BCUT2D eigenvalue weighted by molar-refractivity contribution is 6.10. The van der Waals surface area contributed by atoms with Crippen LogP contribution in [0.25, 0.3) is 0 Å². The molecule has 4 heteroatoms. The molecule has 0 unspecified atom stereocenters. The number of benzene rings is 2. The summed E-state index contributed by atoms with van der Waals surface area (Å²) in [5.41, 5.74) is 4.07. The molecular weight excluding hydrogens is 324 g/mol. The van der Waals surface area contributed by atoms with Crippen LogP contribution in [0.5, 0.6) is 0 Å². The number of carbonyl (C=O) groups is 2. The van der Waals surface area contributed by atoms with Gasteiger partial charge in [0.1, 0.15) is 0 Å². The van der Waals surface area contributed by atoms with Gasteiger partial charge in [0.15, 0.2) is 0 Å². The molecule has 2 amide bonds. The molecule has 0 radical (unpaired) electrons. The highest BCUT2D eigenvalue weighted by Crippen LogP contribution is 2.19. The van der Waals surface area contributed by atoms with Crippen LogP contribution in [0.1, 0.15) is 60.5 Å². The number of aryl methyl sites for hydroxylation is 2. The summed E-state index contributed by atoms with van der Waals surface area (Å²) < 4.78 is 0. The van der Waals surface area contributed by atoms with Crippen molar-refractivity contribution >= 4 is 23.2 Å². The summed E-state index contributed by atoms with van der Waals surface area (Å²) >= 11 is 0. The molecule has 0 atom stereocenters. The van der Waals surface area contributed by atoms with Crippen LogP contribution >= 0.6 is 0 Å². The number of nitrogens with one attached hydrogen (secondary N) is 2. The number of rotatable bonds is 8. The Bertz CT molecular complexity index is 768. The zero-order chi connectivity index (χ0) is 18.9. The van der Waals surface area contributed by atoms with Gasteiger partial charge in [-0.1, -0.05) is 44.4 Å². The topological polar surface area (TPSA) is 58.2 Å². The maximum Gasteiger partial charge on any atom is 0.257 e. The molecule has 26 heavy (non-hydrogen) atoms. The van der Waals surface area contributed by atoms with E-state index in [4.69, 9.17) is 0 Å². The van der Waals surface area contributed by atoms with Gasteiger partial charge in [-0.2, -0.15) is 0 Å². The van der Waals surface area contributed by atoms with E-state index >= 15 is 0 Å². The van der Waals surface area contributed by atoms with Crippen molar-refractivity contribution in [2.24, 2.45) is 0 Å². The van der Waals surface area contributed by atoms with Gasteiger partial charge in [-0.3, -0.25) is 9.59 Å². The second-order valence-corrected chi connectivity index (χ2v) is 6.66. The molecule has 0 fully saturated rings. The van der Waals surface area contributed by atoms with E-state index in [0.29, 0.717) is 17.7 Å². The Hall–Kier alpha value is -2.62. The van der Waals surface area contributed by atoms with Crippen LogP contribution < -0.4 is 10.6 Å². The van der Waals surface area contributed by atoms with Crippen LogP contribution in [-0.4, -0.2) is 11.8 Å². The third-order valence-electron chi connectivity index (χ3n) is 4.47. The van der Waals surface area contributed by atoms with Gasteiger partial charge in [0.05, 0.1) is 11.3 Å². The normalized spacial score (nSPS) is 10.4. The highest BCUT2D eigenvalue weighted by Gasteiger charge is 2.13. The zero-order valence-corrected chi connectivity index (χ0v) is 15.9. The third-order valence-corrected chi connectivity index (χ3v) is 4.47. The average molecular weight is 352 g/mol. The molecule has 2 N–H and O–H groups in total. The number of hydrogen-bond acceptors (Lipinski definition) is 2. The molecule has 0 saturated carbocycles. The Balaban J connectivity index is 2.03. The van der Waals surface area contributed by atoms with Crippen molar-refractivity contribution in [3.8, 4) is 0 Å². The third kappa shape index (κ3) is 5.73. The first kappa shape index (κ1) is 19.7. The monoisotopic (exact) mass is 352 g/mol. The van der Waals surface area contributed by atoms with E-state index in [1.807, 2.05) is 38.1 Å². The van der Waals surface area contributed by atoms with Crippen LogP contribution in [0.2, 0.25) is 0 Å². The number of unbranched alkanes of at least 4 members (excludes halogenated alkanes) is 3. The zero-order valence-electron chi connectivity index (χ0n) is 15.9. The molecule has 0 spiro atoms. The van der Waals surface area contributed by atoms with Gasteiger partial charge in [0, 0.05) is 12.1 Å². The van der Waals surface area contributed by atoms with E-state index in [1.54, 1.807) is 18.2 Å². The molecule has 2 rings (SSSR count). The predicted molar refractivity (Wildman–Crippen MR) is 108 cm³/mol. The second kappa shape index (κ2) is 9.76. The first-order chi connectivity index (χ1) is 12.5. The van der Waals surface area contributed by atoms with Gasteiger partial charge in [0.2, 0.25) is 5.91 Å². The van der Waals surface area contributed by atoms with E-state index in [-0.39, 0.29) is 11.8 Å². The molecule has 0 aromatic heterocycles. The molecule has 2 aromatic rings. The van der Waals surface area contributed by atoms with Gasteiger partial charge in [0.25, 0.3) is 5.91 Å². The van der Waals surface area contributed by atoms with E-state index in [2.05, 4.69) is 17.6 Å². The maximum atomic E-state index is 12.6. The number of amides is 2. The summed E-state index contributed by atoms with van der Waals surface area (Å²) in [7, 11) is 0. The number of carbonyl (C=O) groups excluding carboxylic acids is 2. The number of anilines is 2. The molecule has 138 valence electrons. The van der Waals surface area contributed by atoms with Crippen LogP contribution in [0, 0.1) is 13.8 Å². The van der Waals surface area contributed by atoms with E-state index < -0.39 is 0 Å². The largest absolute Gasteiger partial charge is 0.325 e. The predicted octanol–water partition coefficient (Wildman–Crippen LogP) is 5.46. The fourth-order valence-electron chi connectivity index (χ4n) is 2.73. The molecule has 0 heterocycles. The summed E-state index contributed by atoms with van der Waals surface area (Å²) in [5.74, 6) is -0.275. The molecule has 2 aromatic carbocycles. The minimum atomic E-state index is -0.227. The fourth-order valence-corrected chi connectivity index (χ4v) is 2.73. The lowest BCUT2D eigenvalue weighted by atomic mass is 10.1. The fraction of sp³-hybridized carbons (Fsp3) is 0.364. The molecule has 4 nitrogen and oxygen atoms in total. The van der Waals surface area contributed by atoms with E-state index in [9.17, 15) is 9.59 Å². The molecule has 0 aliphatic rings. The van der Waals surface area contributed by atoms with Crippen molar-refractivity contribution in [1.82, 2.24) is 0 Å². The Labute approximate surface area is 156 Å². The Morgan fingerprint density at radius 3 is 2.38 bits per heavy atom. The van der Waals surface area contributed by atoms with Crippen molar-refractivity contribution in [1.29, 1.82) is 0 Å². The van der Waals surface area contributed by atoms with Crippen LogP contribution in [0.4, 0.5) is 11.4 Å². The SMILES string of the molecule is CCCCCCC(=O)Nc1ccccc1C(=O)Nc1ccc(C)c(C)c1. The minimum Gasteiger partial charge on any atom is -0.325 e. The van der Waals surface area contributed by atoms with Gasteiger partial charge >= 0.3 is 0 Å². The average Bonchev–Trinajstić information content (AvgIpc) is 2.62. The smallest absolute Gasteiger partial charge is 0.257 e. The van der Waals surface area contributed by atoms with Crippen molar-refractivity contribution in [3.05, 3.63) is 59.2 Å². The lowest BCUT2D eigenvalue weighted by Crippen LogP contribution is -2.18. The van der Waals surface area contributed by atoms with E-state index in [1.165, 1.54) is 5.56 Å². The summed E-state index contributed by atoms with van der Waals surface area (Å²) in [6.07, 6.45) is 4.69. The summed E-state index contributed by atoms with van der Waals surface area (Å²) in [6.45, 7) is 6.19.